The third-order valence-corrected chi connectivity index (χ3v) is 5.59. The summed E-state index contributed by atoms with van der Waals surface area (Å²) in [7, 11) is 0.999. The molecule has 0 spiro atoms. The molecule has 2 aromatic carbocycles. The highest BCUT2D eigenvalue weighted by Gasteiger charge is 2.16. The van der Waals surface area contributed by atoms with Crippen molar-refractivity contribution in [3.63, 3.8) is 0 Å². The lowest BCUT2D eigenvalue weighted by Crippen LogP contribution is -2.23. The van der Waals surface area contributed by atoms with Gasteiger partial charge in [-0.05, 0) is 58.5 Å². The molecule has 8 heteroatoms. The van der Waals surface area contributed by atoms with Gasteiger partial charge in [0.1, 0.15) is 5.75 Å². The summed E-state index contributed by atoms with van der Waals surface area (Å²) >= 11 is 2.04. The molecule has 0 aliphatic rings. The Morgan fingerprint density at radius 1 is 0.917 bits per heavy atom. The van der Waals surface area contributed by atoms with Crippen molar-refractivity contribution in [2.75, 3.05) is 21.3 Å². The summed E-state index contributed by atoms with van der Waals surface area (Å²) in [5, 5.41) is 0. The van der Waals surface area contributed by atoms with Crippen LogP contribution in [0.25, 0.3) is 0 Å². The van der Waals surface area contributed by atoms with E-state index in [9.17, 15) is 8.42 Å². The van der Waals surface area contributed by atoms with E-state index < -0.39 is 10.0 Å². The molecular formula is C16H18INO5S. The van der Waals surface area contributed by atoms with Gasteiger partial charge in [-0.15, -0.1) is 0 Å². The molecule has 0 radical (unpaired) electrons. The molecular weight excluding hydrogens is 445 g/mol. The summed E-state index contributed by atoms with van der Waals surface area (Å²) in [5.74, 6) is 1.77. The zero-order chi connectivity index (χ0) is 17.7. The first-order valence-corrected chi connectivity index (χ1v) is 9.51. The Morgan fingerprint density at radius 2 is 1.54 bits per heavy atom. The number of rotatable bonds is 7. The molecule has 0 aliphatic heterocycles. The third-order valence-electron chi connectivity index (χ3n) is 3.35. The first-order valence-electron chi connectivity index (χ1n) is 6.95. The molecule has 0 aromatic heterocycles. The van der Waals surface area contributed by atoms with Crippen molar-refractivity contribution in [2.24, 2.45) is 0 Å². The largest absolute Gasteiger partial charge is 0.496 e. The van der Waals surface area contributed by atoms with Gasteiger partial charge in [0, 0.05) is 6.54 Å². The number of hydrogen-bond donors (Lipinski definition) is 1. The fourth-order valence-corrected chi connectivity index (χ4v) is 4.06. The van der Waals surface area contributed by atoms with E-state index in [0.717, 1.165) is 9.13 Å². The van der Waals surface area contributed by atoms with Gasteiger partial charge in [-0.2, -0.15) is 0 Å². The van der Waals surface area contributed by atoms with Gasteiger partial charge in [0.2, 0.25) is 10.0 Å². The van der Waals surface area contributed by atoms with Gasteiger partial charge in [0.05, 0.1) is 29.8 Å². The molecule has 24 heavy (non-hydrogen) atoms. The van der Waals surface area contributed by atoms with E-state index in [-0.39, 0.29) is 11.4 Å². The van der Waals surface area contributed by atoms with Gasteiger partial charge in [-0.1, -0.05) is 6.07 Å². The van der Waals surface area contributed by atoms with Crippen LogP contribution in [0.2, 0.25) is 0 Å². The molecule has 0 aliphatic carbocycles. The summed E-state index contributed by atoms with van der Waals surface area (Å²) in [4.78, 5) is 0.188. The molecule has 0 bridgehead atoms. The Kier molecular flexibility index (Phi) is 6.30. The molecule has 0 saturated heterocycles. The molecule has 130 valence electrons. The second-order valence-corrected chi connectivity index (χ2v) is 7.74. The van der Waals surface area contributed by atoms with Crippen molar-refractivity contribution in [3.8, 4) is 17.2 Å². The molecule has 0 heterocycles. The lowest BCUT2D eigenvalue weighted by atomic mass is 10.2. The molecule has 0 unspecified atom stereocenters. The lowest BCUT2D eigenvalue weighted by Gasteiger charge is -2.11. The average Bonchev–Trinajstić information content (AvgIpc) is 2.59. The number of hydrogen-bond acceptors (Lipinski definition) is 5. The van der Waals surface area contributed by atoms with E-state index in [4.69, 9.17) is 14.2 Å². The Labute approximate surface area is 155 Å². The fourth-order valence-electron chi connectivity index (χ4n) is 2.07. The van der Waals surface area contributed by atoms with E-state index in [1.807, 2.05) is 22.6 Å². The molecule has 6 nitrogen and oxygen atoms in total. The maximum atomic E-state index is 12.4. The van der Waals surface area contributed by atoms with Gasteiger partial charge >= 0.3 is 0 Å². The van der Waals surface area contributed by atoms with Gasteiger partial charge in [-0.25, -0.2) is 13.1 Å². The smallest absolute Gasteiger partial charge is 0.240 e. The van der Waals surface area contributed by atoms with Crippen LogP contribution in [-0.4, -0.2) is 29.7 Å². The molecule has 2 aromatic rings. The van der Waals surface area contributed by atoms with Gasteiger partial charge < -0.3 is 14.2 Å². The van der Waals surface area contributed by atoms with E-state index >= 15 is 0 Å². The summed E-state index contributed by atoms with van der Waals surface area (Å²) in [6, 6.07) is 9.96. The van der Waals surface area contributed by atoms with Crippen LogP contribution in [0.4, 0.5) is 0 Å². The lowest BCUT2D eigenvalue weighted by molar-refractivity contribution is 0.354. The first-order chi connectivity index (χ1) is 11.4. The average molecular weight is 463 g/mol. The number of benzene rings is 2. The minimum atomic E-state index is -3.62. The Morgan fingerprint density at radius 3 is 2.12 bits per heavy atom. The van der Waals surface area contributed by atoms with Crippen molar-refractivity contribution in [1.29, 1.82) is 0 Å². The summed E-state index contributed by atoms with van der Waals surface area (Å²) in [6.45, 7) is 0.144. The van der Waals surface area contributed by atoms with E-state index in [2.05, 4.69) is 4.72 Å². The van der Waals surface area contributed by atoms with Gasteiger partial charge in [-0.3, -0.25) is 0 Å². The van der Waals surface area contributed by atoms with Crippen LogP contribution in [0, 0.1) is 3.57 Å². The zero-order valence-corrected chi connectivity index (χ0v) is 16.5. The molecule has 0 amide bonds. The van der Waals surface area contributed by atoms with Crippen LogP contribution in [0.15, 0.2) is 41.3 Å². The maximum absolute atomic E-state index is 12.4. The number of halogens is 1. The summed E-state index contributed by atoms with van der Waals surface area (Å²) in [6.07, 6.45) is 0. The van der Waals surface area contributed by atoms with Crippen LogP contribution in [0.3, 0.4) is 0 Å². The number of methoxy groups -OCH3 is 3. The predicted molar refractivity (Wildman–Crippen MR) is 99.3 cm³/mol. The van der Waals surface area contributed by atoms with Crippen LogP contribution in [0.5, 0.6) is 17.2 Å². The molecule has 0 saturated carbocycles. The Hall–Kier alpha value is -1.52. The van der Waals surface area contributed by atoms with Crippen molar-refractivity contribution in [2.45, 2.75) is 11.4 Å². The Bertz CT molecular complexity index is 823. The maximum Gasteiger partial charge on any atom is 0.240 e. The molecule has 1 N–H and O–H groups in total. The standard InChI is InChI=1S/C16H18INO5S/c1-21-14-7-5-12(9-13(14)17)24(19,20)18-10-11-4-6-15(22-2)16(8-11)23-3/h4-9,18H,10H2,1-3H3. The second-order valence-electron chi connectivity index (χ2n) is 4.81. The minimum Gasteiger partial charge on any atom is -0.496 e. The van der Waals surface area contributed by atoms with Crippen molar-refractivity contribution < 1.29 is 22.6 Å². The summed E-state index contributed by atoms with van der Waals surface area (Å²) < 4.78 is 43.7. The van der Waals surface area contributed by atoms with E-state index in [1.54, 1.807) is 44.6 Å². The van der Waals surface area contributed by atoms with E-state index in [0.29, 0.717) is 17.2 Å². The number of nitrogens with one attached hydrogen (secondary N) is 1. The normalized spacial score (nSPS) is 11.2. The minimum absolute atomic E-state index is 0.144. The zero-order valence-electron chi connectivity index (χ0n) is 13.5. The fraction of sp³-hybridized carbons (Fsp3) is 0.250. The van der Waals surface area contributed by atoms with Crippen LogP contribution < -0.4 is 18.9 Å². The Balaban J connectivity index is 2.17. The van der Waals surface area contributed by atoms with Crippen LogP contribution in [0.1, 0.15) is 5.56 Å². The van der Waals surface area contributed by atoms with Gasteiger partial charge in [0.25, 0.3) is 0 Å². The van der Waals surface area contributed by atoms with Gasteiger partial charge in [0.15, 0.2) is 11.5 Å². The topological polar surface area (TPSA) is 73.9 Å². The predicted octanol–water partition coefficient (Wildman–Crippen LogP) is 2.80. The van der Waals surface area contributed by atoms with E-state index in [1.165, 1.54) is 13.2 Å². The first kappa shape index (κ1) is 18.8. The quantitative estimate of drug-likeness (QED) is 0.640. The highest BCUT2D eigenvalue weighted by molar-refractivity contribution is 14.1. The summed E-state index contributed by atoms with van der Waals surface area (Å²) in [5.41, 5.74) is 0.763. The van der Waals surface area contributed by atoms with Crippen LogP contribution >= 0.6 is 22.6 Å². The highest BCUT2D eigenvalue weighted by Crippen LogP contribution is 2.28. The number of sulfonamides is 1. The van der Waals surface area contributed by atoms with Crippen molar-refractivity contribution in [3.05, 3.63) is 45.5 Å². The molecule has 2 rings (SSSR count). The third kappa shape index (κ3) is 4.31. The monoisotopic (exact) mass is 463 g/mol. The SMILES string of the molecule is COc1ccc(S(=O)(=O)NCc2ccc(OC)c(OC)c2)cc1I. The molecule has 0 fully saturated rings. The number of ether oxygens (including phenoxy) is 3. The highest BCUT2D eigenvalue weighted by atomic mass is 127. The second kappa shape index (κ2) is 8.04. The molecule has 0 atom stereocenters. The van der Waals surface area contributed by atoms with Crippen LogP contribution in [-0.2, 0) is 16.6 Å². The van der Waals surface area contributed by atoms with Crippen molar-refractivity contribution in [1.82, 2.24) is 4.72 Å². The van der Waals surface area contributed by atoms with Crippen molar-refractivity contribution >= 4 is 32.6 Å².